The van der Waals surface area contributed by atoms with Gasteiger partial charge in [-0.05, 0) is 67.8 Å². The fourth-order valence-corrected chi connectivity index (χ4v) is 5.67. The first kappa shape index (κ1) is 20.3. The maximum Gasteiger partial charge on any atom is 0.188 e. The van der Waals surface area contributed by atoms with E-state index < -0.39 is 0 Å². The Morgan fingerprint density at radius 2 is 1.93 bits per heavy atom. The molecule has 3 atom stereocenters. The smallest absolute Gasteiger partial charge is 0.188 e. The molecule has 0 spiro atoms. The molecule has 1 saturated heterocycles. The average Bonchev–Trinajstić information content (AvgIpc) is 3.39. The van der Waals surface area contributed by atoms with Gasteiger partial charge in [0.1, 0.15) is 5.82 Å². The lowest BCUT2D eigenvalue weighted by Crippen LogP contribution is -2.28. The zero-order valence-corrected chi connectivity index (χ0v) is 18.0. The molecule has 1 aliphatic carbocycles. The van der Waals surface area contributed by atoms with Crippen molar-refractivity contribution in [2.45, 2.75) is 25.7 Å². The van der Waals surface area contributed by atoms with Crippen LogP contribution in [0, 0.1) is 17.8 Å². The summed E-state index contributed by atoms with van der Waals surface area (Å²) in [6.45, 7) is 2.40. The Morgan fingerprint density at radius 1 is 1.03 bits per heavy atom. The van der Waals surface area contributed by atoms with E-state index in [1.807, 2.05) is 18.3 Å². The lowest BCUT2D eigenvalue weighted by atomic mass is 9.72. The van der Waals surface area contributed by atoms with Crippen LogP contribution in [0.1, 0.15) is 25.0 Å². The van der Waals surface area contributed by atoms with E-state index >= 15 is 0 Å². The molecule has 1 saturated carbocycles. The third-order valence-electron chi connectivity index (χ3n) is 6.22. The lowest BCUT2D eigenvalue weighted by Gasteiger charge is -2.33. The molecule has 29 heavy (non-hydrogen) atoms. The summed E-state index contributed by atoms with van der Waals surface area (Å²) in [5.41, 5.74) is 2.40. The number of nitrogens with zero attached hydrogens (tertiary/aromatic N) is 2. The molecule has 2 fully saturated rings. The van der Waals surface area contributed by atoms with Gasteiger partial charge in [-0.2, -0.15) is 0 Å². The third-order valence-corrected chi connectivity index (χ3v) is 7.19. The topological polar surface area (TPSA) is 49.8 Å². The number of rotatable bonds is 5. The molecular weight excluding hydrogens is 400 g/mol. The zero-order chi connectivity index (χ0) is 18.8. The van der Waals surface area contributed by atoms with Gasteiger partial charge in [0.25, 0.3) is 0 Å². The molecule has 0 radical (unpaired) electrons. The number of thiazole rings is 1. The lowest BCUT2D eigenvalue weighted by molar-refractivity contribution is 0.197. The SMILES string of the molecule is Cl.c1ccc(-c2cnc(Nc3cccc(C[C@H]4CCC[C@@H]5CNC[C@@H]54)n3)s2)cc1. The molecule has 5 rings (SSSR count). The van der Waals surface area contributed by atoms with Crippen LogP contribution in [0.2, 0.25) is 0 Å². The molecule has 0 bridgehead atoms. The Balaban J connectivity index is 0.00000205. The van der Waals surface area contributed by atoms with Crippen molar-refractivity contribution in [1.82, 2.24) is 15.3 Å². The van der Waals surface area contributed by atoms with Gasteiger partial charge in [0.15, 0.2) is 5.13 Å². The number of anilines is 2. The summed E-state index contributed by atoms with van der Waals surface area (Å²) < 4.78 is 0. The van der Waals surface area contributed by atoms with Gasteiger partial charge >= 0.3 is 0 Å². The molecule has 152 valence electrons. The van der Waals surface area contributed by atoms with Crippen molar-refractivity contribution in [3.05, 3.63) is 60.4 Å². The Hall–Kier alpha value is -1.95. The second-order valence-electron chi connectivity index (χ2n) is 8.01. The molecule has 4 nitrogen and oxygen atoms in total. The van der Waals surface area contributed by atoms with Crippen molar-refractivity contribution >= 4 is 34.7 Å². The van der Waals surface area contributed by atoms with Gasteiger partial charge in [0, 0.05) is 11.9 Å². The molecule has 3 heterocycles. The average molecular weight is 427 g/mol. The van der Waals surface area contributed by atoms with Crippen LogP contribution in [-0.4, -0.2) is 23.1 Å². The van der Waals surface area contributed by atoms with E-state index in [4.69, 9.17) is 4.98 Å². The highest BCUT2D eigenvalue weighted by molar-refractivity contribution is 7.18. The normalized spacial score (nSPS) is 23.2. The first-order valence-corrected chi connectivity index (χ1v) is 11.1. The maximum absolute atomic E-state index is 4.89. The van der Waals surface area contributed by atoms with Crippen molar-refractivity contribution < 1.29 is 0 Å². The highest BCUT2D eigenvalue weighted by Gasteiger charge is 2.36. The monoisotopic (exact) mass is 426 g/mol. The second-order valence-corrected chi connectivity index (χ2v) is 9.04. The molecule has 2 N–H and O–H groups in total. The summed E-state index contributed by atoms with van der Waals surface area (Å²) in [5.74, 6) is 3.37. The van der Waals surface area contributed by atoms with Gasteiger partial charge in [0.05, 0.1) is 4.88 Å². The molecule has 6 heteroatoms. The van der Waals surface area contributed by atoms with Gasteiger partial charge in [-0.15, -0.1) is 12.4 Å². The molecule has 1 aromatic carbocycles. The minimum Gasteiger partial charge on any atom is -0.316 e. The Morgan fingerprint density at radius 3 is 2.83 bits per heavy atom. The number of halogens is 1. The van der Waals surface area contributed by atoms with Crippen LogP contribution in [0.15, 0.2) is 54.7 Å². The first-order chi connectivity index (χ1) is 13.8. The van der Waals surface area contributed by atoms with Crippen molar-refractivity contribution in [3.8, 4) is 10.4 Å². The van der Waals surface area contributed by atoms with E-state index in [9.17, 15) is 0 Å². The number of pyridine rings is 1. The molecule has 2 aromatic heterocycles. The summed E-state index contributed by atoms with van der Waals surface area (Å²) in [6.07, 6.45) is 7.13. The number of hydrogen-bond donors (Lipinski definition) is 2. The highest BCUT2D eigenvalue weighted by atomic mass is 35.5. The minimum atomic E-state index is 0. The predicted octanol–water partition coefficient (Wildman–Crippen LogP) is 5.55. The van der Waals surface area contributed by atoms with Crippen molar-refractivity contribution in [2.75, 3.05) is 18.4 Å². The molecule has 3 aromatic rings. The second kappa shape index (κ2) is 9.24. The van der Waals surface area contributed by atoms with Gasteiger partial charge in [-0.3, -0.25) is 0 Å². The molecule has 2 aliphatic rings. The first-order valence-electron chi connectivity index (χ1n) is 10.3. The van der Waals surface area contributed by atoms with E-state index in [0.717, 1.165) is 35.1 Å². The van der Waals surface area contributed by atoms with Crippen molar-refractivity contribution in [3.63, 3.8) is 0 Å². The van der Waals surface area contributed by atoms with Crippen LogP contribution < -0.4 is 10.6 Å². The zero-order valence-electron chi connectivity index (χ0n) is 16.4. The van der Waals surface area contributed by atoms with E-state index in [1.165, 1.54) is 48.5 Å². The fraction of sp³-hybridized carbons (Fsp3) is 0.391. The van der Waals surface area contributed by atoms with Crippen LogP contribution in [-0.2, 0) is 6.42 Å². The molecule has 1 aliphatic heterocycles. The highest BCUT2D eigenvalue weighted by Crippen LogP contribution is 2.38. The predicted molar refractivity (Wildman–Crippen MR) is 123 cm³/mol. The standard InChI is InChI=1S/C23H26N4S.ClH/c1-2-6-16(7-3-1)21-15-25-23(28-21)27-22-11-5-10-19(26-22)12-17-8-4-9-18-13-24-14-20(17)18;/h1-3,5-7,10-11,15,17-18,20,24H,4,8-9,12-14H2,(H,25,26,27);1H/t17-,18-,20-;/m1./s1. The van der Waals surface area contributed by atoms with E-state index in [2.05, 4.69) is 52.0 Å². The summed E-state index contributed by atoms with van der Waals surface area (Å²) in [7, 11) is 0. The molecule has 0 amide bonds. The van der Waals surface area contributed by atoms with Gasteiger partial charge in [-0.1, -0.05) is 54.2 Å². The van der Waals surface area contributed by atoms with Crippen LogP contribution in [0.4, 0.5) is 10.9 Å². The summed E-state index contributed by atoms with van der Waals surface area (Å²) >= 11 is 1.66. The number of benzene rings is 1. The van der Waals surface area contributed by atoms with Crippen LogP contribution in [0.25, 0.3) is 10.4 Å². The van der Waals surface area contributed by atoms with E-state index in [-0.39, 0.29) is 12.4 Å². The van der Waals surface area contributed by atoms with Crippen molar-refractivity contribution in [1.29, 1.82) is 0 Å². The summed E-state index contributed by atoms with van der Waals surface area (Å²) in [6, 6.07) is 16.7. The summed E-state index contributed by atoms with van der Waals surface area (Å²) in [4.78, 5) is 10.6. The van der Waals surface area contributed by atoms with Crippen LogP contribution in [0.5, 0.6) is 0 Å². The number of fused-ring (bicyclic) bond motifs is 1. The number of nitrogens with one attached hydrogen (secondary N) is 2. The molecular formula is C23H27ClN4S. The molecule has 0 unspecified atom stereocenters. The number of hydrogen-bond acceptors (Lipinski definition) is 5. The van der Waals surface area contributed by atoms with Gasteiger partial charge in [0.2, 0.25) is 0 Å². The fourth-order valence-electron chi connectivity index (χ4n) is 4.84. The Bertz CT molecular complexity index is 929. The van der Waals surface area contributed by atoms with E-state index in [1.54, 1.807) is 11.3 Å². The quantitative estimate of drug-likeness (QED) is 0.561. The van der Waals surface area contributed by atoms with Crippen molar-refractivity contribution in [2.24, 2.45) is 17.8 Å². The van der Waals surface area contributed by atoms with E-state index in [0.29, 0.717) is 0 Å². The minimum absolute atomic E-state index is 0. The van der Waals surface area contributed by atoms with Gasteiger partial charge < -0.3 is 10.6 Å². The number of aromatic nitrogens is 2. The third kappa shape index (κ3) is 4.63. The maximum atomic E-state index is 4.89. The van der Waals surface area contributed by atoms with Crippen LogP contribution in [0.3, 0.4) is 0 Å². The van der Waals surface area contributed by atoms with Gasteiger partial charge in [-0.25, -0.2) is 9.97 Å². The largest absolute Gasteiger partial charge is 0.316 e. The van der Waals surface area contributed by atoms with Crippen LogP contribution >= 0.6 is 23.7 Å². The Kier molecular flexibility index (Phi) is 6.48. The summed E-state index contributed by atoms with van der Waals surface area (Å²) in [5, 5.41) is 7.89. The Labute approximate surface area is 182 Å².